The molecule has 4 nitrogen and oxygen atoms in total. The second kappa shape index (κ2) is 7.64. The molecule has 2 aromatic rings. The number of ether oxygens (including phenoxy) is 2. The quantitative estimate of drug-likeness (QED) is 0.844. The average molecular weight is 286 g/mol. The Morgan fingerprint density at radius 2 is 1.86 bits per heavy atom. The fourth-order valence-electron chi connectivity index (χ4n) is 1.96. The molecule has 1 heterocycles. The molecular weight excluding hydrogens is 264 g/mol. The predicted octanol–water partition coefficient (Wildman–Crippen LogP) is 3.63. The third kappa shape index (κ3) is 4.46. The third-order valence-electron chi connectivity index (χ3n) is 3.02. The molecule has 21 heavy (non-hydrogen) atoms. The van der Waals surface area contributed by atoms with Crippen molar-refractivity contribution in [2.75, 3.05) is 13.7 Å². The lowest BCUT2D eigenvalue weighted by Crippen LogP contribution is -2.19. The normalized spacial score (nSPS) is 10.7. The molecule has 0 fully saturated rings. The summed E-state index contributed by atoms with van der Waals surface area (Å²) >= 11 is 0. The van der Waals surface area contributed by atoms with Crippen molar-refractivity contribution >= 4 is 0 Å². The Balaban J connectivity index is 2.12. The number of aromatic nitrogens is 1. The van der Waals surface area contributed by atoms with Crippen LogP contribution in [-0.2, 0) is 6.54 Å². The summed E-state index contributed by atoms with van der Waals surface area (Å²) in [7, 11) is 1.64. The van der Waals surface area contributed by atoms with Crippen LogP contribution in [0, 0.1) is 5.92 Å². The second-order valence-electron chi connectivity index (χ2n) is 5.26. The first kappa shape index (κ1) is 15.3. The van der Waals surface area contributed by atoms with Crippen LogP contribution in [0.1, 0.15) is 19.4 Å². The molecule has 0 aliphatic rings. The van der Waals surface area contributed by atoms with Crippen LogP contribution in [0.15, 0.2) is 42.7 Å². The fourth-order valence-corrected chi connectivity index (χ4v) is 1.96. The van der Waals surface area contributed by atoms with Crippen LogP contribution in [0.5, 0.6) is 17.2 Å². The number of methoxy groups -OCH3 is 1. The summed E-state index contributed by atoms with van der Waals surface area (Å²) in [4.78, 5) is 4.18. The topological polar surface area (TPSA) is 43.4 Å². The van der Waals surface area contributed by atoms with Gasteiger partial charge in [-0.2, -0.15) is 0 Å². The summed E-state index contributed by atoms with van der Waals surface area (Å²) in [6.45, 7) is 6.06. The van der Waals surface area contributed by atoms with E-state index in [1.54, 1.807) is 13.3 Å². The Kier molecular flexibility index (Phi) is 5.58. The molecule has 4 heteroatoms. The number of hydrogen-bond acceptors (Lipinski definition) is 4. The SMILES string of the molecule is COc1ccccc1Oc1ccncc1CNCC(C)C. The van der Waals surface area contributed by atoms with E-state index < -0.39 is 0 Å². The van der Waals surface area contributed by atoms with E-state index in [9.17, 15) is 0 Å². The molecule has 0 atom stereocenters. The summed E-state index contributed by atoms with van der Waals surface area (Å²) in [6.07, 6.45) is 3.56. The molecule has 0 amide bonds. The van der Waals surface area contributed by atoms with E-state index in [0.29, 0.717) is 11.7 Å². The van der Waals surface area contributed by atoms with Crippen LogP contribution in [0.4, 0.5) is 0 Å². The van der Waals surface area contributed by atoms with E-state index >= 15 is 0 Å². The number of nitrogens with one attached hydrogen (secondary N) is 1. The lowest BCUT2D eigenvalue weighted by molar-refractivity contribution is 0.377. The molecular formula is C17H22N2O2. The molecule has 0 bridgehead atoms. The predicted molar refractivity (Wildman–Crippen MR) is 83.8 cm³/mol. The van der Waals surface area contributed by atoms with E-state index in [1.165, 1.54) is 0 Å². The lowest BCUT2D eigenvalue weighted by Gasteiger charge is -2.14. The molecule has 0 aliphatic carbocycles. The lowest BCUT2D eigenvalue weighted by atomic mass is 10.2. The van der Waals surface area contributed by atoms with Crippen molar-refractivity contribution in [2.45, 2.75) is 20.4 Å². The van der Waals surface area contributed by atoms with Gasteiger partial charge >= 0.3 is 0 Å². The number of rotatable bonds is 7. The fraction of sp³-hybridized carbons (Fsp3) is 0.353. The molecule has 1 aromatic heterocycles. The second-order valence-corrected chi connectivity index (χ2v) is 5.26. The molecule has 1 aromatic carbocycles. The highest BCUT2D eigenvalue weighted by Crippen LogP contribution is 2.32. The van der Waals surface area contributed by atoms with E-state index in [2.05, 4.69) is 24.1 Å². The summed E-state index contributed by atoms with van der Waals surface area (Å²) in [5.74, 6) is 2.83. The first-order chi connectivity index (χ1) is 10.2. The van der Waals surface area contributed by atoms with Crippen molar-refractivity contribution in [3.05, 3.63) is 48.3 Å². The molecule has 0 saturated carbocycles. The Morgan fingerprint density at radius 1 is 1.10 bits per heavy atom. The van der Waals surface area contributed by atoms with Crippen molar-refractivity contribution in [2.24, 2.45) is 5.92 Å². The zero-order valence-electron chi connectivity index (χ0n) is 12.8. The highest BCUT2D eigenvalue weighted by atomic mass is 16.5. The van der Waals surface area contributed by atoms with Gasteiger partial charge in [-0.05, 0) is 30.7 Å². The maximum absolute atomic E-state index is 5.98. The van der Waals surface area contributed by atoms with Gasteiger partial charge < -0.3 is 14.8 Å². The summed E-state index contributed by atoms with van der Waals surface area (Å²) in [5, 5.41) is 3.40. The smallest absolute Gasteiger partial charge is 0.169 e. The van der Waals surface area contributed by atoms with Gasteiger partial charge in [0.05, 0.1) is 7.11 Å². The first-order valence-electron chi connectivity index (χ1n) is 7.15. The number of nitrogens with zero attached hydrogens (tertiary/aromatic N) is 1. The van der Waals surface area contributed by atoms with Gasteiger partial charge in [0.25, 0.3) is 0 Å². The third-order valence-corrected chi connectivity index (χ3v) is 3.02. The van der Waals surface area contributed by atoms with Gasteiger partial charge in [0, 0.05) is 24.5 Å². The Morgan fingerprint density at radius 3 is 2.57 bits per heavy atom. The minimum atomic E-state index is 0.611. The zero-order valence-corrected chi connectivity index (χ0v) is 12.8. The van der Waals surface area contributed by atoms with Crippen molar-refractivity contribution in [3.8, 4) is 17.2 Å². The van der Waals surface area contributed by atoms with E-state index in [1.807, 2.05) is 36.5 Å². The molecule has 0 spiro atoms. The van der Waals surface area contributed by atoms with Crippen LogP contribution >= 0.6 is 0 Å². The highest BCUT2D eigenvalue weighted by Gasteiger charge is 2.08. The maximum atomic E-state index is 5.98. The van der Waals surface area contributed by atoms with E-state index in [-0.39, 0.29) is 0 Å². The minimum Gasteiger partial charge on any atom is -0.493 e. The summed E-state index contributed by atoms with van der Waals surface area (Å²) < 4.78 is 11.3. The molecule has 1 N–H and O–H groups in total. The minimum absolute atomic E-state index is 0.611. The first-order valence-corrected chi connectivity index (χ1v) is 7.15. The Bertz CT molecular complexity index is 570. The van der Waals surface area contributed by atoms with E-state index in [0.717, 1.165) is 30.2 Å². The molecule has 112 valence electrons. The van der Waals surface area contributed by atoms with Gasteiger partial charge in [0.15, 0.2) is 11.5 Å². The number of hydrogen-bond donors (Lipinski definition) is 1. The van der Waals surface area contributed by atoms with Crippen LogP contribution in [-0.4, -0.2) is 18.6 Å². The van der Waals surface area contributed by atoms with Crippen LogP contribution in [0.2, 0.25) is 0 Å². The molecule has 0 saturated heterocycles. The van der Waals surface area contributed by atoms with Crippen molar-refractivity contribution in [3.63, 3.8) is 0 Å². The van der Waals surface area contributed by atoms with Crippen LogP contribution in [0.3, 0.4) is 0 Å². The monoisotopic (exact) mass is 286 g/mol. The van der Waals surface area contributed by atoms with Crippen LogP contribution in [0.25, 0.3) is 0 Å². The van der Waals surface area contributed by atoms with Gasteiger partial charge in [-0.3, -0.25) is 4.98 Å². The summed E-state index contributed by atoms with van der Waals surface area (Å²) in [6, 6.07) is 9.50. The van der Waals surface area contributed by atoms with Crippen molar-refractivity contribution in [1.29, 1.82) is 0 Å². The van der Waals surface area contributed by atoms with Gasteiger partial charge in [0.2, 0.25) is 0 Å². The van der Waals surface area contributed by atoms with Crippen molar-refractivity contribution in [1.82, 2.24) is 10.3 Å². The average Bonchev–Trinajstić information content (AvgIpc) is 2.49. The Hall–Kier alpha value is -2.07. The van der Waals surface area contributed by atoms with Gasteiger partial charge in [0.1, 0.15) is 5.75 Å². The molecule has 0 unspecified atom stereocenters. The summed E-state index contributed by atoms with van der Waals surface area (Å²) in [5.41, 5.74) is 1.03. The molecule has 0 aliphatic heterocycles. The van der Waals surface area contributed by atoms with Gasteiger partial charge in [-0.1, -0.05) is 26.0 Å². The molecule has 0 radical (unpaired) electrons. The molecule has 2 rings (SSSR count). The highest BCUT2D eigenvalue weighted by molar-refractivity contribution is 5.44. The largest absolute Gasteiger partial charge is 0.493 e. The zero-order chi connectivity index (χ0) is 15.1. The number of para-hydroxylation sites is 2. The maximum Gasteiger partial charge on any atom is 0.169 e. The van der Waals surface area contributed by atoms with Gasteiger partial charge in [-0.15, -0.1) is 0 Å². The number of benzene rings is 1. The van der Waals surface area contributed by atoms with Crippen molar-refractivity contribution < 1.29 is 9.47 Å². The van der Waals surface area contributed by atoms with Gasteiger partial charge in [-0.25, -0.2) is 0 Å². The van der Waals surface area contributed by atoms with Crippen LogP contribution < -0.4 is 14.8 Å². The Labute approximate surface area is 126 Å². The standard InChI is InChI=1S/C17H22N2O2/c1-13(2)10-19-12-14-11-18-9-8-15(14)21-17-7-5-4-6-16(17)20-3/h4-9,11,13,19H,10,12H2,1-3H3. The number of pyridine rings is 1. The van der Waals surface area contributed by atoms with E-state index in [4.69, 9.17) is 9.47 Å².